The molecule has 5 heteroatoms. The molecule has 0 aliphatic heterocycles. The zero-order chi connectivity index (χ0) is 15.9. The highest BCUT2D eigenvalue weighted by atomic mass is 28.2. The third-order valence-electron chi connectivity index (χ3n) is 3.07. The first-order valence-electron chi connectivity index (χ1n) is 7.30. The molecule has 1 aromatic rings. The minimum absolute atomic E-state index is 0.136. The molecule has 0 fully saturated rings. The first-order valence-corrected chi connectivity index (χ1v) is 8.19. The summed E-state index contributed by atoms with van der Waals surface area (Å²) in [4.78, 5) is 19.1. The average Bonchev–Trinajstić information content (AvgIpc) is 2.55. The van der Waals surface area contributed by atoms with Crippen molar-refractivity contribution in [3.63, 3.8) is 0 Å². The standard InChI is InChI=1S/C16H21NO2.H4OSi/c1-2-3-10-15(11-7-12-17)16(18)19-13-14-8-5-4-6-9-14;1-2/h4-6,8-9,15H,2-3,7,10-11,13H2,1H3;1H,2H3. The normalized spacial score (nSPS) is 10.9. The van der Waals surface area contributed by atoms with Gasteiger partial charge in [0.15, 0.2) is 0 Å². The molecule has 1 rings (SSSR count). The van der Waals surface area contributed by atoms with Gasteiger partial charge in [-0.25, -0.2) is 0 Å². The number of hydrogen-bond acceptors (Lipinski definition) is 4. The highest BCUT2D eigenvalue weighted by molar-refractivity contribution is 5.95. The van der Waals surface area contributed by atoms with E-state index < -0.39 is 0 Å². The molecule has 0 saturated carbocycles. The molecule has 0 spiro atoms. The lowest BCUT2D eigenvalue weighted by atomic mass is 9.97. The van der Waals surface area contributed by atoms with Gasteiger partial charge in [0.1, 0.15) is 17.1 Å². The van der Waals surface area contributed by atoms with Crippen LogP contribution in [-0.2, 0) is 16.1 Å². The van der Waals surface area contributed by atoms with Gasteiger partial charge in [-0.15, -0.1) is 0 Å². The molecule has 0 aliphatic carbocycles. The van der Waals surface area contributed by atoms with Crippen LogP contribution >= 0.6 is 0 Å². The highest BCUT2D eigenvalue weighted by Gasteiger charge is 2.19. The number of esters is 1. The molecule has 1 atom stereocenters. The van der Waals surface area contributed by atoms with Gasteiger partial charge in [-0.3, -0.25) is 4.79 Å². The van der Waals surface area contributed by atoms with Crippen molar-refractivity contribution < 1.29 is 14.3 Å². The smallest absolute Gasteiger partial charge is 0.309 e. The summed E-state index contributed by atoms with van der Waals surface area (Å²) in [5.41, 5.74) is 0.991. The lowest BCUT2D eigenvalue weighted by molar-refractivity contribution is -0.150. The molecule has 0 aromatic heterocycles. The van der Waals surface area contributed by atoms with Gasteiger partial charge in [-0.05, 0) is 18.4 Å². The summed E-state index contributed by atoms with van der Waals surface area (Å²) in [6, 6.07) is 11.7. The van der Waals surface area contributed by atoms with Crippen LogP contribution < -0.4 is 0 Å². The molecule has 0 bridgehead atoms. The largest absolute Gasteiger partial charge is 0.461 e. The predicted octanol–water partition coefficient (Wildman–Crippen LogP) is 2.10. The quantitative estimate of drug-likeness (QED) is 0.590. The van der Waals surface area contributed by atoms with Crippen LogP contribution in [0.2, 0.25) is 0 Å². The summed E-state index contributed by atoms with van der Waals surface area (Å²) in [5.74, 6) is -0.309. The van der Waals surface area contributed by atoms with Crippen molar-refractivity contribution in [2.75, 3.05) is 0 Å². The van der Waals surface area contributed by atoms with Gasteiger partial charge in [-0.1, -0.05) is 50.1 Å². The Hall–Kier alpha value is -1.64. The topological polar surface area (TPSA) is 70.3 Å². The molecule has 1 unspecified atom stereocenters. The second-order valence-corrected chi connectivity index (χ2v) is 4.63. The summed E-state index contributed by atoms with van der Waals surface area (Å²) in [7, 11) is 0.306. The molecule has 0 heterocycles. The van der Waals surface area contributed by atoms with E-state index in [2.05, 4.69) is 13.0 Å². The highest BCUT2D eigenvalue weighted by Crippen LogP contribution is 2.17. The van der Waals surface area contributed by atoms with Crippen molar-refractivity contribution in [1.29, 1.82) is 5.26 Å². The van der Waals surface area contributed by atoms with Crippen LogP contribution in [0.1, 0.15) is 44.6 Å². The Morgan fingerprint density at radius 2 is 2.00 bits per heavy atom. The third kappa shape index (κ3) is 9.00. The maximum atomic E-state index is 12.0. The van der Waals surface area contributed by atoms with E-state index in [1.54, 1.807) is 0 Å². The number of carbonyl (C=O) groups excluding carboxylic acids is 1. The van der Waals surface area contributed by atoms with Crippen LogP contribution in [0.3, 0.4) is 0 Å². The molecule has 116 valence electrons. The third-order valence-corrected chi connectivity index (χ3v) is 3.07. The van der Waals surface area contributed by atoms with E-state index >= 15 is 0 Å². The van der Waals surface area contributed by atoms with Crippen molar-refractivity contribution in [3.05, 3.63) is 35.9 Å². The fourth-order valence-electron chi connectivity index (χ4n) is 1.92. The molecular formula is C16H25NO3Si. The summed E-state index contributed by atoms with van der Waals surface area (Å²) in [6.07, 6.45) is 3.87. The van der Waals surface area contributed by atoms with Crippen LogP contribution in [-0.4, -0.2) is 21.3 Å². The lowest BCUT2D eigenvalue weighted by Crippen LogP contribution is -2.17. The van der Waals surface area contributed by atoms with Crippen LogP contribution in [0.4, 0.5) is 0 Å². The lowest BCUT2D eigenvalue weighted by Gasteiger charge is -2.14. The van der Waals surface area contributed by atoms with Crippen molar-refractivity contribution in [2.45, 2.75) is 45.6 Å². The van der Waals surface area contributed by atoms with E-state index in [1.165, 1.54) is 0 Å². The number of nitriles is 1. The monoisotopic (exact) mass is 307 g/mol. The van der Waals surface area contributed by atoms with E-state index in [9.17, 15) is 4.79 Å². The molecule has 1 N–H and O–H groups in total. The number of benzene rings is 1. The van der Waals surface area contributed by atoms with E-state index in [0.717, 1.165) is 24.8 Å². The van der Waals surface area contributed by atoms with Gasteiger partial charge < -0.3 is 9.53 Å². The summed E-state index contributed by atoms with van der Waals surface area (Å²) < 4.78 is 5.34. The second kappa shape index (κ2) is 13.3. The Morgan fingerprint density at radius 1 is 1.33 bits per heavy atom. The predicted molar refractivity (Wildman–Crippen MR) is 86.3 cm³/mol. The molecular weight excluding hydrogens is 282 g/mol. The summed E-state index contributed by atoms with van der Waals surface area (Å²) in [5, 5.41) is 8.63. The van der Waals surface area contributed by atoms with Crippen LogP contribution in [0.15, 0.2) is 30.3 Å². The van der Waals surface area contributed by atoms with Gasteiger partial charge in [0.2, 0.25) is 0 Å². The Labute approximate surface area is 130 Å². The number of ether oxygens (including phenoxy) is 1. The number of nitrogens with zero attached hydrogens (tertiary/aromatic N) is 1. The van der Waals surface area contributed by atoms with Gasteiger partial charge in [0, 0.05) is 6.42 Å². The number of hydrogen-bond donors (Lipinski definition) is 1. The first kappa shape index (κ1) is 19.4. The number of carbonyl (C=O) groups is 1. The van der Waals surface area contributed by atoms with Crippen molar-refractivity contribution in [1.82, 2.24) is 0 Å². The van der Waals surface area contributed by atoms with Crippen LogP contribution in [0.5, 0.6) is 0 Å². The van der Waals surface area contributed by atoms with Gasteiger partial charge in [0.05, 0.1) is 12.0 Å². The van der Waals surface area contributed by atoms with Crippen molar-refractivity contribution >= 4 is 16.5 Å². The van der Waals surface area contributed by atoms with Gasteiger partial charge in [-0.2, -0.15) is 5.26 Å². The van der Waals surface area contributed by atoms with Crippen molar-refractivity contribution in [3.8, 4) is 6.07 Å². The maximum Gasteiger partial charge on any atom is 0.309 e. The fraction of sp³-hybridized carbons (Fsp3) is 0.500. The zero-order valence-electron chi connectivity index (χ0n) is 12.9. The Morgan fingerprint density at radius 3 is 2.57 bits per heavy atom. The SMILES string of the molecule is CCCCC(CCC#N)C(=O)OCc1ccccc1.O[SiH3]. The second-order valence-electron chi connectivity index (χ2n) is 4.63. The van der Waals surface area contributed by atoms with E-state index in [0.29, 0.717) is 29.9 Å². The van der Waals surface area contributed by atoms with E-state index in [-0.39, 0.29) is 11.9 Å². The minimum Gasteiger partial charge on any atom is -0.461 e. The van der Waals surface area contributed by atoms with Crippen molar-refractivity contribution in [2.24, 2.45) is 5.92 Å². The van der Waals surface area contributed by atoms with Crippen LogP contribution in [0.25, 0.3) is 0 Å². The Kier molecular flexibility index (Phi) is 12.3. The molecule has 4 nitrogen and oxygen atoms in total. The molecule has 0 amide bonds. The van der Waals surface area contributed by atoms with E-state index in [4.69, 9.17) is 14.8 Å². The molecule has 0 radical (unpaired) electrons. The Bertz CT molecular complexity index is 417. The molecule has 0 aliphatic rings. The summed E-state index contributed by atoms with van der Waals surface area (Å²) in [6.45, 7) is 2.41. The zero-order valence-corrected chi connectivity index (χ0v) is 14.9. The number of rotatable bonds is 8. The molecule has 1 aromatic carbocycles. The van der Waals surface area contributed by atoms with Gasteiger partial charge in [0.25, 0.3) is 0 Å². The van der Waals surface area contributed by atoms with Gasteiger partial charge >= 0.3 is 5.97 Å². The fourth-order valence-corrected chi connectivity index (χ4v) is 1.92. The van der Waals surface area contributed by atoms with E-state index in [1.807, 2.05) is 30.3 Å². The Balaban J connectivity index is 0.00000191. The van der Waals surface area contributed by atoms with Crippen LogP contribution in [0, 0.1) is 17.2 Å². The minimum atomic E-state index is -0.174. The average molecular weight is 307 g/mol. The molecule has 0 saturated heterocycles. The molecule has 21 heavy (non-hydrogen) atoms. The first-order chi connectivity index (χ1) is 10.3. The number of unbranched alkanes of at least 4 members (excludes halogenated alkanes) is 1. The summed E-state index contributed by atoms with van der Waals surface area (Å²) >= 11 is 0. The maximum absolute atomic E-state index is 12.0.